The lowest BCUT2D eigenvalue weighted by molar-refractivity contribution is 0.0936. The fourth-order valence-electron chi connectivity index (χ4n) is 1.77. The Morgan fingerprint density at radius 1 is 1.39 bits per heavy atom. The molecule has 0 heterocycles. The largest absolute Gasteiger partial charge is 0.396 e. The Morgan fingerprint density at radius 2 is 2.06 bits per heavy atom. The molecule has 0 aliphatic rings. The van der Waals surface area contributed by atoms with Crippen molar-refractivity contribution in [2.75, 3.05) is 13.2 Å². The van der Waals surface area contributed by atoms with Crippen molar-refractivity contribution in [2.45, 2.75) is 32.2 Å². The average Bonchev–Trinajstić information content (AvgIpc) is 2.37. The molecule has 0 saturated carbocycles. The van der Waals surface area contributed by atoms with Crippen LogP contribution in [0.2, 0.25) is 0 Å². The van der Waals surface area contributed by atoms with Gasteiger partial charge < -0.3 is 16.2 Å². The number of hydrogen-bond donors (Lipinski definition) is 3. The minimum absolute atomic E-state index is 0.0697. The van der Waals surface area contributed by atoms with E-state index in [0.717, 1.165) is 18.4 Å². The second kappa shape index (κ2) is 7.84. The van der Waals surface area contributed by atoms with E-state index in [9.17, 15) is 4.79 Å². The number of nitrogens with one attached hydrogen (secondary N) is 1. The lowest BCUT2D eigenvalue weighted by Gasteiger charge is -2.13. The Bertz CT molecular complexity index is 363. The van der Waals surface area contributed by atoms with E-state index in [1.807, 2.05) is 31.2 Å². The Morgan fingerprint density at radius 3 is 2.61 bits per heavy atom. The fourth-order valence-corrected chi connectivity index (χ4v) is 1.77. The van der Waals surface area contributed by atoms with E-state index in [1.54, 1.807) is 0 Å². The summed E-state index contributed by atoms with van der Waals surface area (Å²) in [5.74, 6) is -0.0697. The predicted octanol–water partition coefficient (Wildman–Crippen LogP) is 1.08. The molecule has 0 aromatic heterocycles. The van der Waals surface area contributed by atoms with Crippen molar-refractivity contribution < 1.29 is 9.90 Å². The van der Waals surface area contributed by atoms with Crippen molar-refractivity contribution in [2.24, 2.45) is 5.73 Å². The number of nitrogens with two attached hydrogens (primary N) is 1. The number of hydrogen-bond acceptors (Lipinski definition) is 3. The third-order valence-corrected chi connectivity index (χ3v) is 2.82. The van der Waals surface area contributed by atoms with Crippen LogP contribution in [-0.4, -0.2) is 30.2 Å². The first-order chi connectivity index (χ1) is 8.67. The molecule has 0 saturated heterocycles. The summed E-state index contributed by atoms with van der Waals surface area (Å²) in [7, 11) is 0. The standard InChI is InChI=1S/C14H22N2O2/c1-11(3-2-10-17)16-14(18)13-6-4-12(5-7-13)8-9-15/h4-7,11,17H,2-3,8-10,15H2,1H3,(H,16,18). The second-order valence-corrected chi connectivity index (χ2v) is 4.48. The van der Waals surface area contributed by atoms with Gasteiger partial charge in [0.05, 0.1) is 0 Å². The van der Waals surface area contributed by atoms with E-state index in [0.29, 0.717) is 18.5 Å². The van der Waals surface area contributed by atoms with Crippen LogP contribution in [0.15, 0.2) is 24.3 Å². The van der Waals surface area contributed by atoms with Gasteiger partial charge in [-0.3, -0.25) is 4.79 Å². The van der Waals surface area contributed by atoms with Crippen LogP contribution in [0.4, 0.5) is 0 Å². The maximum Gasteiger partial charge on any atom is 0.251 e. The third-order valence-electron chi connectivity index (χ3n) is 2.82. The van der Waals surface area contributed by atoms with Gasteiger partial charge in [0.25, 0.3) is 5.91 Å². The van der Waals surface area contributed by atoms with E-state index in [2.05, 4.69) is 5.32 Å². The van der Waals surface area contributed by atoms with Gasteiger partial charge >= 0.3 is 0 Å². The number of rotatable bonds is 7. The van der Waals surface area contributed by atoms with Crippen LogP contribution in [0.5, 0.6) is 0 Å². The van der Waals surface area contributed by atoms with Crippen LogP contribution < -0.4 is 11.1 Å². The summed E-state index contributed by atoms with van der Waals surface area (Å²) < 4.78 is 0. The Labute approximate surface area is 108 Å². The molecule has 0 aliphatic heterocycles. The van der Waals surface area contributed by atoms with Crippen molar-refractivity contribution >= 4 is 5.91 Å². The SMILES string of the molecule is CC(CCCO)NC(=O)c1ccc(CCN)cc1. The van der Waals surface area contributed by atoms with Crippen molar-refractivity contribution in [3.05, 3.63) is 35.4 Å². The van der Waals surface area contributed by atoms with Gasteiger partial charge in [0.15, 0.2) is 0 Å². The molecule has 1 amide bonds. The molecule has 4 N–H and O–H groups in total. The maximum absolute atomic E-state index is 11.9. The summed E-state index contributed by atoms with van der Waals surface area (Å²) in [6, 6.07) is 7.58. The van der Waals surface area contributed by atoms with Gasteiger partial charge in [0, 0.05) is 18.2 Å². The van der Waals surface area contributed by atoms with Crippen molar-refractivity contribution in [1.82, 2.24) is 5.32 Å². The molecule has 4 heteroatoms. The summed E-state index contributed by atoms with van der Waals surface area (Å²) in [5, 5.41) is 11.6. The number of aliphatic hydroxyl groups is 1. The molecule has 100 valence electrons. The Hall–Kier alpha value is -1.39. The molecule has 0 radical (unpaired) electrons. The first-order valence-electron chi connectivity index (χ1n) is 6.38. The number of carbonyl (C=O) groups is 1. The summed E-state index contributed by atoms with van der Waals surface area (Å²) in [6.07, 6.45) is 2.32. The van der Waals surface area contributed by atoms with Gasteiger partial charge in [-0.15, -0.1) is 0 Å². The number of benzene rings is 1. The van der Waals surface area contributed by atoms with Gasteiger partial charge in [0.1, 0.15) is 0 Å². The highest BCUT2D eigenvalue weighted by Crippen LogP contribution is 2.06. The second-order valence-electron chi connectivity index (χ2n) is 4.48. The van der Waals surface area contributed by atoms with Gasteiger partial charge in [-0.05, 0) is 50.4 Å². The molecule has 18 heavy (non-hydrogen) atoms. The van der Waals surface area contributed by atoms with E-state index in [-0.39, 0.29) is 18.6 Å². The quantitative estimate of drug-likeness (QED) is 0.678. The zero-order valence-electron chi connectivity index (χ0n) is 10.9. The average molecular weight is 250 g/mol. The minimum atomic E-state index is -0.0697. The van der Waals surface area contributed by atoms with Crippen molar-refractivity contribution in [1.29, 1.82) is 0 Å². The number of amides is 1. The molecule has 0 fully saturated rings. The summed E-state index contributed by atoms with van der Waals surface area (Å²) in [4.78, 5) is 11.9. The summed E-state index contributed by atoms with van der Waals surface area (Å²) >= 11 is 0. The normalized spacial score (nSPS) is 12.2. The van der Waals surface area contributed by atoms with Crippen LogP contribution in [0.1, 0.15) is 35.7 Å². The molecule has 0 spiro atoms. The molecule has 1 aromatic rings. The molecule has 1 atom stereocenters. The zero-order chi connectivity index (χ0) is 13.4. The molecule has 0 bridgehead atoms. The molecule has 1 rings (SSSR count). The predicted molar refractivity (Wildman–Crippen MR) is 72.4 cm³/mol. The molecule has 0 aliphatic carbocycles. The van der Waals surface area contributed by atoms with E-state index >= 15 is 0 Å². The van der Waals surface area contributed by atoms with E-state index in [1.165, 1.54) is 0 Å². The first kappa shape index (κ1) is 14.7. The van der Waals surface area contributed by atoms with Gasteiger partial charge in [-0.25, -0.2) is 0 Å². The molecular formula is C14H22N2O2. The van der Waals surface area contributed by atoms with Gasteiger partial charge in [-0.1, -0.05) is 12.1 Å². The molecule has 1 aromatic carbocycles. The van der Waals surface area contributed by atoms with Crippen molar-refractivity contribution in [3.63, 3.8) is 0 Å². The highest BCUT2D eigenvalue weighted by molar-refractivity contribution is 5.94. The van der Waals surface area contributed by atoms with Crippen LogP contribution in [-0.2, 0) is 6.42 Å². The Balaban J connectivity index is 2.50. The minimum Gasteiger partial charge on any atom is -0.396 e. The van der Waals surface area contributed by atoms with Crippen LogP contribution >= 0.6 is 0 Å². The van der Waals surface area contributed by atoms with Crippen LogP contribution in [0, 0.1) is 0 Å². The summed E-state index contributed by atoms with van der Waals surface area (Å²) in [5.41, 5.74) is 7.27. The summed E-state index contributed by atoms with van der Waals surface area (Å²) in [6.45, 7) is 2.72. The molecule has 1 unspecified atom stereocenters. The fraction of sp³-hybridized carbons (Fsp3) is 0.500. The van der Waals surface area contributed by atoms with E-state index < -0.39 is 0 Å². The number of aliphatic hydroxyl groups excluding tert-OH is 1. The third kappa shape index (κ3) is 4.85. The van der Waals surface area contributed by atoms with Gasteiger partial charge in [-0.2, -0.15) is 0 Å². The van der Waals surface area contributed by atoms with Crippen LogP contribution in [0.3, 0.4) is 0 Å². The van der Waals surface area contributed by atoms with Gasteiger partial charge in [0.2, 0.25) is 0 Å². The van der Waals surface area contributed by atoms with Crippen molar-refractivity contribution in [3.8, 4) is 0 Å². The smallest absolute Gasteiger partial charge is 0.251 e. The highest BCUT2D eigenvalue weighted by atomic mass is 16.2. The molecular weight excluding hydrogens is 228 g/mol. The molecule has 4 nitrogen and oxygen atoms in total. The lowest BCUT2D eigenvalue weighted by Crippen LogP contribution is -2.32. The first-order valence-corrected chi connectivity index (χ1v) is 6.38. The zero-order valence-corrected chi connectivity index (χ0v) is 10.9. The topological polar surface area (TPSA) is 75.3 Å². The maximum atomic E-state index is 11.9. The monoisotopic (exact) mass is 250 g/mol. The highest BCUT2D eigenvalue weighted by Gasteiger charge is 2.09. The lowest BCUT2D eigenvalue weighted by atomic mass is 10.1. The number of carbonyl (C=O) groups excluding carboxylic acids is 1. The van der Waals surface area contributed by atoms with Crippen LogP contribution in [0.25, 0.3) is 0 Å². The van der Waals surface area contributed by atoms with E-state index in [4.69, 9.17) is 10.8 Å². The Kier molecular flexibility index (Phi) is 6.39.